The summed E-state index contributed by atoms with van der Waals surface area (Å²) in [5.41, 5.74) is -0.672. The van der Waals surface area contributed by atoms with Gasteiger partial charge >= 0.3 is 5.97 Å². The van der Waals surface area contributed by atoms with Gasteiger partial charge in [-0.1, -0.05) is 26.0 Å². The fourth-order valence-electron chi connectivity index (χ4n) is 3.91. The molecule has 0 bridgehead atoms. The Balaban J connectivity index is 2.26. The molecule has 6 atom stereocenters. The van der Waals surface area contributed by atoms with Gasteiger partial charge in [0.25, 0.3) is 0 Å². The first-order valence-corrected chi connectivity index (χ1v) is 7.12. The molecule has 4 nitrogen and oxygen atoms in total. The highest BCUT2D eigenvalue weighted by atomic mass is 17.1. The SMILES string of the molecule is C[C@@H]1CC[C@@H]([C@@H](C)C(=O)O)[C@H]2CC([13CH3])(OO)C=C[C@H]21. The molecular weight excluding hydrogens is 245 g/mol. The summed E-state index contributed by atoms with van der Waals surface area (Å²) in [6.07, 6.45) is 6.77. The van der Waals surface area contributed by atoms with E-state index in [-0.39, 0.29) is 17.8 Å². The van der Waals surface area contributed by atoms with Crippen LogP contribution in [0.4, 0.5) is 0 Å². The molecule has 19 heavy (non-hydrogen) atoms. The highest BCUT2D eigenvalue weighted by molar-refractivity contribution is 5.70. The van der Waals surface area contributed by atoms with Gasteiger partial charge in [-0.05, 0) is 49.9 Å². The number of hydrogen-bond donors (Lipinski definition) is 2. The van der Waals surface area contributed by atoms with Gasteiger partial charge in [0.15, 0.2) is 0 Å². The first-order valence-electron chi connectivity index (χ1n) is 7.12. The lowest BCUT2D eigenvalue weighted by molar-refractivity contribution is -0.310. The summed E-state index contributed by atoms with van der Waals surface area (Å²) < 4.78 is 0. The zero-order chi connectivity index (χ0) is 14.2. The molecule has 0 saturated heterocycles. The predicted molar refractivity (Wildman–Crippen MR) is 71.5 cm³/mol. The van der Waals surface area contributed by atoms with Gasteiger partial charge in [0, 0.05) is 0 Å². The van der Waals surface area contributed by atoms with Crippen molar-refractivity contribution in [1.29, 1.82) is 0 Å². The van der Waals surface area contributed by atoms with Gasteiger partial charge in [-0.2, -0.15) is 0 Å². The summed E-state index contributed by atoms with van der Waals surface area (Å²) in [7, 11) is 0. The Bertz CT molecular complexity index is 378. The lowest BCUT2D eigenvalue weighted by Gasteiger charge is -2.47. The number of carboxylic acids is 1. The van der Waals surface area contributed by atoms with Crippen LogP contribution in [0, 0.1) is 29.6 Å². The summed E-state index contributed by atoms with van der Waals surface area (Å²) in [6.45, 7) is 5.88. The van der Waals surface area contributed by atoms with Gasteiger partial charge in [0.2, 0.25) is 0 Å². The molecule has 0 aromatic carbocycles. The van der Waals surface area contributed by atoms with Crippen LogP contribution in [0.3, 0.4) is 0 Å². The molecule has 2 N–H and O–H groups in total. The van der Waals surface area contributed by atoms with E-state index in [0.29, 0.717) is 18.3 Å². The highest BCUT2D eigenvalue weighted by Crippen LogP contribution is 2.49. The van der Waals surface area contributed by atoms with Gasteiger partial charge in [-0.15, -0.1) is 0 Å². The molecule has 1 saturated carbocycles. The number of fused-ring (bicyclic) bond motifs is 1. The van der Waals surface area contributed by atoms with Crippen LogP contribution < -0.4 is 0 Å². The fraction of sp³-hybridized carbons (Fsp3) is 0.800. The summed E-state index contributed by atoms with van der Waals surface area (Å²) in [6, 6.07) is 0. The maximum atomic E-state index is 11.3. The van der Waals surface area contributed by atoms with Crippen LogP contribution in [0.25, 0.3) is 0 Å². The molecule has 2 aliphatic rings. The second-order valence-electron chi connectivity index (χ2n) is 6.55. The quantitative estimate of drug-likeness (QED) is 0.357. The fourth-order valence-corrected chi connectivity index (χ4v) is 3.91. The Labute approximate surface area is 114 Å². The lowest BCUT2D eigenvalue weighted by atomic mass is 9.59. The highest BCUT2D eigenvalue weighted by Gasteiger charge is 2.46. The summed E-state index contributed by atoms with van der Waals surface area (Å²) >= 11 is 0. The minimum absolute atomic E-state index is 0.165. The third kappa shape index (κ3) is 2.70. The van der Waals surface area contributed by atoms with Crippen molar-refractivity contribution >= 4 is 5.97 Å². The number of aliphatic carboxylic acids is 1. The summed E-state index contributed by atoms with van der Waals surface area (Å²) in [4.78, 5) is 15.9. The summed E-state index contributed by atoms with van der Waals surface area (Å²) in [5.74, 6) is 0.356. The van der Waals surface area contributed by atoms with Crippen LogP contribution in [0.2, 0.25) is 0 Å². The first-order chi connectivity index (χ1) is 8.88. The van der Waals surface area contributed by atoms with E-state index in [9.17, 15) is 9.90 Å². The Morgan fingerprint density at radius 1 is 1.47 bits per heavy atom. The van der Waals surface area contributed by atoms with E-state index in [4.69, 9.17) is 5.26 Å². The van der Waals surface area contributed by atoms with Crippen molar-refractivity contribution in [3.8, 4) is 0 Å². The second kappa shape index (κ2) is 5.25. The van der Waals surface area contributed by atoms with E-state index in [1.165, 1.54) is 0 Å². The maximum Gasteiger partial charge on any atom is 0.306 e. The van der Waals surface area contributed by atoms with Crippen LogP contribution in [0.5, 0.6) is 0 Å². The van der Waals surface area contributed by atoms with Crippen molar-refractivity contribution in [2.75, 3.05) is 0 Å². The molecule has 0 aromatic rings. The molecule has 0 heterocycles. The molecule has 2 rings (SSSR count). The van der Waals surface area contributed by atoms with Crippen LogP contribution in [0.15, 0.2) is 12.2 Å². The van der Waals surface area contributed by atoms with Crippen molar-refractivity contribution in [2.24, 2.45) is 29.6 Å². The Morgan fingerprint density at radius 3 is 2.74 bits per heavy atom. The van der Waals surface area contributed by atoms with Crippen molar-refractivity contribution in [3.63, 3.8) is 0 Å². The largest absolute Gasteiger partial charge is 0.481 e. The van der Waals surface area contributed by atoms with Crippen molar-refractivity contribution in [1.82, 2.24) is 0 Å². The maximum absolute atomic E-state index is 11.3. The van der Waals surface area contributed by atoms with E-state index >= 15 is 0 Å². The van der Waals surface area contributed by atoms with E-state index < -0.39 is 11.6 Å². The molecule has 0 radical (unpaired) electrons. The standard InChI is InChI=1S/C15H24O4/c1-9-4-5-12(10(2)14(16)17)13-8-15(3,19-18)7-6-11(9)13/h6-7,9-13,18H,4-5,8H2,1-3H3,(H,16,17)/t9-,10-,11+,12+,13+,15?/m1/s1/i3+1. The molecule has 2 aliphatic carbocycles. The molecule has 0 amide bonds. The van der Waals surface area contributed by atoms with Crippen LogP contribution in [-0.4, -0.2) is 21.9 Å². The average Bonchev–Trinajstić information content (AvgIpc) is 2.38. The molecular formula is C15H24O4. The zero-order valence-corrected chi connectivity index (χ0v) is 11.9. The number of rotatable bonds is 3. The minimum atomic E-state index is -0.723. The van der Waals surface area contributed by atoms with Crippen LogP contribution in [-0.2, 0) is 9.68 Å². The van der Waals surface area contributed by atoms with Crippen molar-refractivity contribution in [3.05, 3.63) is 12.2 Å². The van der Waals surface area contributed by atoms with Crippen molar-refractivity contribution < 1.29 is 20.0 Å². The molecule has 0 aliphatic heterocycles. The minimum Gasteiger partial charge on any atom is -0.481 e. The zero-order valence-electron chi connectivity index (χ0n) is 11.9. The molecule has 1 fully saturated rings. The van der Waals surface area contributed by atoms with Gasteiger partial charge in [0.05, 0.1) is 5.92 Å². The normalized spacial score (nSPS) is 43.6. The first kappa shape index (κ1) is 14.5. The smallest absolute Gasteiger partial charge is 0.306 e. The second-order valence-corrected chi connectivity index (χ2v) is 6.55. The predicted octanol–water partition coefficient (Wildman–Crippen LogP) is 3.19. The van der Waals surface area contributed by atoms with E-state index in [0.717, 1.165) is 12.8 Å². The van der Waals surface area contributed by atoms with E-state index in [2.05, 4.69) is 17.9 Å². The Morgan fingerprint density at radius 2 is 2.16 bits per heavy atom. The van der Waals surface area contributed by atoms with Gasteiger partial charge < -0.3 is 5.11 Å². The Hall–Kier alpha value is -0.870. The van der Waals surface area contributed by atoms with Crippen LogP contribution >= 0.6 is 0 Å². The number of carbonyl (C=O) groups is 1. The molecule has 108 valence electrons. The molecule has 1 unspecified atom stereocenters. The van der Waals surface area contributed by atoms with Gasteiger partial charge in [-0.25, -0.2) is 4.89 Å². The Kier molecular flexibility index (Phi) is 4.02. The number of allylic oxidation sites excluding steroid dienone is 1. The average molecular weight is 269 g/mol. The number of carboxylic acid groups (broad SMARTS) is 1. The monoisotopic (exact) mass is 269 g/mol. The molecule has 0 spiro atoms. The molecule has 0 aromatic heterocycles. The van der Waals surface area contributed by atoms with Crippen LogP contribution in [0.1, 0.15) is 40.0 Å². The third-order valence-electron chi connectivity index (χ3n) is 5.21. The lowest BCUT2D eigenvalue weighted by Crippen LogP contribution is -2.45. The van der Waals surface area contributed by atoms with E-state index in [1.54, 1.807) is 6.92 Å². The van der Waals surface area contributed by atoms with Gasteiger partial charge in [-0.3, -0.25) is 10.1 Å². The third-order valence-corrected chi connectivity index (χ3v) is 5.21. The van der Waals surface area contributed by atoms with Crippen molar-refractivity contribution in [2.45, 2.75) is 45.6 Å². The van der Waals surface area contributed by atoms with E-state index in [1.807, 2.05) is 13.0 Å². The molecule has 4 heteroatoms. The topological polar surface area (TPSA) is 66.8 Å². The van der Waals surface area contributed by atoms with Gasteiger partial charge in [0.1, 0.15) is 5.60 Å². The summed E-state index contributed by atoms with van der Waals surface area (Å²) in [5, 5.41) is 18.4. The number of hydrogen-bond acceptors (Lipinski definition) is 3.